The van der Waals surface area contributed by atoms with E-state index in [0.717, 1.165) is 43.6 Å². The number of ether oxygens (including phenoxy) is 3. The summed E-state index contributed by atoms with van der Waals surface area (Å²) in [5.74, 6) is 0.670. The molecule has 0 N–H and O–H groups in total. The minimum absolute atomic E-state index is 0.0315. The molecule has 2 atom stereocenters. The lowest BCUT2D eigenvalue weighted by Crippen LogP contribution is -2.24. The van der Waals surface area contributed by atoms with E-state index in [1.54, 1.807) is 0 Å². The van der Waals surface area contributed by atoms with Crippen molar-refractivity contribution in [2.45, 2.75) is 58.2 Å². The van der Waals surface area contributed by atoms with E-state index in [9.17, 15) is 4.79 Å². The van der Waals surface area contributed by atoms with Gasteiger partial charge in [0.25, 0.3) is 0 Å². The summed E-state index contributed by atoms with van der Waals surface area (Å²) in [4.78, 5) is 11.8. The second-order valence-corrected chi connectivity index (χ2v) is 5.94. The summed E-state index contributed by atoms with van der Waals surface area (Å²) in [6.07, 6.45) is 8.52. The highest BCUT2D eigenvalue weighted by Gasteiger charge is 2.17. The zero-order valence-corrected chi connectivity index (χ0v) is 14.7. The zero-order chi connectivity index (χ0) is 17.2. The van der Waals surface area contributed by atoms with Crippen LogP contribution in [0.15, 0.2) is 36.4 Å². The molecule has 1 heterocycles. The molecule has 1 aliphatic rings. The Balaban J connectivity index is 2.00. The van der Waals surface area contributed by atoms with Crippen LogP contribution >= 0.6 is 0 Å². The fourth-order valence-corrected chi connectivity index (χ4v) is 2.75. The Labute approximate surface area is 144 Å². The minimum Gasteiger partial charge on any atom is -0.466 e. The van der Waals surface area contributed by atoms with Crippen LogP contribution in [0.5, 0.6) is 5.75 Å². The van der Waals surface area contributed by atoms with Gasteiger partial charge in [0.2, 0.25) is 0 Å². The summed E-state index contributed by atoms with van der Waals surface area (Å²) in [5.41, 5.74) is 1.09. The Morgan fingerprint density at radius 1 is 1.29 bits per heavy atom. The normalized spacial score (nSPS) is 19.2. The summed E-state index contributed by atoms with van der Waals surface area (Å²) in [6.45, 7) is 5.09. The van der Waals surface area contributed by atoms with Gasteiger partial charge in [0, 0.05) is 12.3 Å². The summed E-state index contributed by atoms with van der Waals surface area (Å²) in [7, 11) is 0. The van der Waals surface area contributed by atoms with Crippen molar-refractivity contribution in [1.82, 2.24) is 0 Å². The molecule has 1 aromatic rings. The Morgan fingerprint density at radius 3 is 2.71 bits per heavy atom. The van der Waals surface area contributed by atoms with Crippen LogP contribution in [0.3, 0.4) is 0 Å². The SMILES string of the molecule is CCC=C[C@H](CC(=O)OCC)c1ccc(OC2CCCCO2)cc1. The average Bonchev–Trinajstić information content (AvgIpc) is 2.60. The van der Waals surface area contributed by atoms with Gasteiger partial charge in [-0.25, -0.2) is 0 Å². The molecule has 0 bridgehead atoms. The molecule has 1 saturated heterocycles. The number of carbonyl (C=O) groups excluding carboxylic acids is 1. The van der Waals surface area contributed by atoms with Crippen molar-refractivity contribution < 1.29 is 19.0 Å². The molecule has 0 saturated carbocycles. The molecule has 4 heteroatoms. The van der Waals surface area contributed by atoms with E-state index in [1.807, 2.05) is 31.2 Å². The van der Waals surface area contributed by atoms with Gasteiger partial charge in [-0.05, 0) is 43.9 Å². The van der Waals surface area contributed by atoms with Gasteiger partial charge >= 0.3 is 5.97 Å². The van der Waals surface area contributed by atoms with Crippen molar-refractivity contribution in [3.05, 3.63) is 42.0 Å². The van der Waals surface area contributed by atoms with Gasteiger partial charge in [0.05, 0.1) is 19.6 Å². The zero-order valence-electron chi connectivity index (χ0n) is 14.7. The first-order chi connectivity index (χ1) is 11.7. The quantitative estimate of drug-likeness (QED) is 0.516. The van der Waals surface area contributed by atoms with Gasteiger partial charge in [-0.3, -0.25) is 4.79 Å². The highest BCUT2D eigenvalue weighted by molar-refractivity contribution is 5.71. The van der Waals surface area contributed by atoms with Crippen molar-refractivity contribution in [3.8, 4) is 5.75 Å². The molecule has 0 aromatic heterocycles. The lowest BCUT2D eigenvalue weighted by Gasteiger charge is -2.23. The summed E-state index contributed by atoms with van der Waals surface area (Å²) >= 11 is 0. The van der Waals surface area contributed by atoms with E-state index in [4.69, 9.17) is 14.2 Å². The lowest BCUT2D eigenvalue weighted by atomic mass is 9.95. The fraction of sp³-hybridized carbons (Fsp3) is 0.550. The predicted octanol–water partition coefficient (Wildman–Crippen LogP) is 4.60. The second-order valence-electron chi connectivity index (χ2n) is 5.94. The third-order valence-electron chi connectivity index (χ3n) is 4.01. The molecule has 132 valence electrons. The Kier molecular flexibility index (Phi) is 7.83. The van der Waals surface area contributed by atoms with Gasteiger partial charge < -0.3 is 14.2 Å². The van der Waals surface area contributed by atoms with E-state index < -0.39 is 0 Å². The molecule has 1 aliphatic heterocycles. The number of carbonyl (C=O) groups is 1. The van der Waals surface area contributed by atoms with Gasteiger partial charge in [0.1, 0.15) is 5.75 Å². The van der Waals surface area contributed by atoms with Crippen molar-refractivity contribution in [2.24, 2.45) is 0 Å². The Hall–Kier alpha value is -1.81. The maximum absolute atomic E-state index is 11.8. The van der Waals surface area contributed by atoms with Crippen LogP contribution in [0.25, 0.3) is 0 Å². The largest absolute Gasteiger partial charge is 0.466 e. The van der Waals surface area contributed by atoms with Gasteiger partial charge in [-0.15, -0.1) is 0 Å². The van der Waals surface area contributed by atoms with Gasteiger partial charge in [-0.1, -0.05) is 31.2 Å². The number of benzene rings is 1. The number of esters is 1. The molecule has 0 radical (unpaired) electrons. The van der Waals surface area contributed by atoms with E-state index in [0.29, 0.717) is 13.0 Å². The fourth-order valence-electron chi connectivity index (χ4n) is 2.75. The van der Waals surface area contributed by atoms with Crippen LogP contribution in [0.1, 0.15) is 57.4 Å². The molecule has 0 amide bonds. The number of hydrogen-bond donors (Lipinski definition) is 0. The maximum Gasteiger partial charge on any atom is 0.306 e. The van der Waals surface area contributed by atoms with E-state index in [-0.39, 0.29) is 18.2 Å². The first-order valence-corrected chi connectivity index (χ1v) is 8.93. The number of allylic oxidation sites excluding steroid dienone is 2. The molecule has 0 aliphatic carbocycles. The molecule has 24 heavy (non-hydrogen) atoms. The highest BCUT2D eigenvalue weighted by Crippen LogP contribution is 2.26. The Morgan fingerprint density at radius 2 is 2.08 bits per heavy atom. The molecular formula is C20H28O4. The minimum atomic E-state index is -0.167. The van der Waals surface area contributed by atoms with Crippen LogP contribution in [-0.4, -0.2) is 25.5 Å². The molecule has 0 spiro atoms. The van der Waals surface area contributed by atoms with Crippen LogP contribution in [0, 0.1) is 0 Å². The summed E-state index contributed by atoms with van der Waals surface area (Å²) in [6, 6.07) is 7.93. The van der Waals surface area contributed by atoms with E-state index in [1.165, 1.54) is 0 Å². The maximum atomic E-state index is 11.8. The second kappa shape index (κ2) is 10.1. The van der Waals surface area contributed by atoms with Crippen molar-refractivity contribution >= 4 is 5.97 Å². The lowest BCUT2D eigenvalue weighted by molar-refractivity contribution is -0.143. The first kappa shape index (κ1) is 18.5. The van der Waals surface area contributed by atoms with E-state index in [2.05, 4.69) is 19.1 Å². The van der Waals surface area contributed by atoms with Crippen LogP contribution in [0.4, 0.5) is 0 Å². The third kappa shape index (κ3) is 6.00. The topological polar surface area (TPSA) is 44.8 Å². The standard InChI is InChI=1S/C20H28O4/c1-3-5-8-17(15-19(21)22-4-2)16-10-12-18(13-11-16)24-20-9-6-7-14-23-20/h5,8,10-13,17,20H,3-4,6-7,9,14-15H2,1-2H3/t17-,20?/m1/s1. The molecule has 1 unspecified atom stereocenters. The van der Waals surface area contributed by atoms with Gasteiger partial charge in [-0.2, -0.15) is 0 Å². The third-order valence-corrected chi connectivity index (χ3v) is 4.01. The summed E-state index contributed by atoms with van der Waals surface area (Å²) < 4.78 is 16.5. The summed E-state index contributed by atoms with van der Waals surface area (Å²) in [5, 5.41) is 0. The molecule has 1 aromatic carbocycles. The van der Waals surface area contributed by atoms with Crippen molar-refractivity contribution in [3.63, 3.8) is 0 Å². The number of rotatable bonds is 8. The molecular weight excluding hydrogens is 304 g/mol. The Bertz CT molecular complexity index is 515. The van der Waals surface area contributed by atoms with Crippen molar-refractivity contribution in [2.75, 3.05) is 13.2 Å². The average molecular weight is 332 g/mol. The van der Waals surface area contributed by atoms with Crippen LogP contribution in [0.2, 0.25) is 0 Å². The number of hydrogen-bond acceptors (Lipinski definition) is 4. The monoisotopic (exact) mass is 332 g/mol. The molecule has 1 fully saturated rings. The smallest absolute Gasteiger partial charge is 0.306 e. The van der Waals surface area contributed by atoms with Crippen LogP contribution < -0.4 is 4.74 Å². The van der Waals surface area contributed by atoms with Crippen molar-refractivity contribution in [1.29, 1.82) is 0 Å². The predicted molar refractivity (Wildman–Crippen MR) is 94.1 cm³/mol. The molecule has 2 rings (SSSR count). The van der Waals surface area contributed by atoms with Crippen LogP contribution in [-0.2, 0) is 14.3 Å². The first-order valence-electron chi connectivity index (χ1n) is 8.93. The van der Waals surface area contributed by atoms with Gasteiger partial charge in [0.15, 0.2) is 6.29 Å². The highest BCUT2D eigenvalue weighted by atomic mass is 16.7. The molecule has 4 nitrogen and oxygen atoms in total. The van der Waals surface area contributed by atoms with E-state index >= 15 is 0 Å².